The number of rotatable bonds is 7. The zero-order valence-corrected chi connectivity index (χ0v) is 19.8. The van der Waals surface area contributed by atoms with E-state index in [-0.39, 0.29) is 23.3 Å². The van der Waals surface area contributed by atoms with Gasteiger partial charge in [-0.15, -0.1) is 0 Å². The van der Waals surface area contributed by atoms with Crippen LogP contribution in [0.1, 0.15) is 45.2 Å². The number of hydrogen-bond donors (Lipinski definition) is 3. The molecule has 1 unspecified atom stereocenters. The average Bonchev–Trinajstić information content (AvgIpc) is 2.97. The Balaban J connectivity index is 1.57. The molecule has 0 aromatic heterocycles. The molecule has 0 saturated carbocycles. The minimum atomic E-state index is -3.81. The third kappa shape index (κ3) is 5.23. The molecule has 0 bridgehead atoms. The summed E-state index contributed by atoms with van der Waals surface area (Å²) >= 11 is 0. The van der Waals surface area contributed by atoms with Crippen LogP contribution < -0.4 is 15.5 Å². The molecule has 9 nitrogen and oxygen atoms in total. The van der Waals surface area contributed by atoms with E-state index in [1.54, 1.807) is 49.4 Å². The Hall–Kier alpha value is -3.24. The number of carbonyl (C=O) groups excluding carboxylic acids is 3. The number of hydrogen-bond acceptors (Lipinski definition) is 5. The monoisotopic (exact) mass is 472 g/mol. The van der Waals surface area contributed by atoms with Gasteiger partial charge in [-0.2, -0.15) is 5.01 Å². The highest BCUT2D eigenvalue weighted by Crippen LogP contribution is 2.27. The molecule has 1 atom stereocenters. The van der Waals surface area contributed by atoms with Crippen molar-refractivity contribution in [3.63, 3.8) is 0 Å². The first-order valence-corrected chi connectivity index (χ1v) is 11.9. The Kier molecular flexibility index (Phi) is 6.62. The van der Waals surface area contributed by atoms with Crippen LogP contribution in [0.3, 0.4) is 0 Å². The fourth-order valence-corrected chi connectivity index (χ4v) is 4.44. The second-order valence-electron chi connectivity index (χ2n) is 9.02. The summed E-state index contributed by atoms with van der Waals surface area (Å²) in [5.41, 5.74) is 2.40. The van der Waals surface area contributed by atoms with Crippen molar-refractivity contribution in [2.75, 3.05) is 6.54 Å². The molecule has 176 valence electrons. The van der Waals surface area contributed by atoms with Crippen LogP contribution in [0.2, 0.25) is 0 Å². The van der Waals surface area contributed by atoms with E-state index in [0.717, 1.165) is 5.56 Å². The third-order valence-corrected chi connectivity index (χ3v) is 6.93. The number of nitrogens with zero attached hydrogens (tertiary/aromatic N) is 1. The first-order valence-electron chi connectivity index (χ1n) is 10.5. The van der Waals surface area contributed by atoms with Crippen LogP contribution in [-0.2, 0) is 30.6 Å². The van der Waals surface area contributed by atoms with E-state index in [2.05, 4.69) is 15.5 Å². The average molecular weight is 473 g/mol. The number of urea groups is 1. The van der Waals surface area contributed by atoms with E-state index in [9.17, 15) is 22.8 Å². The Labute approximate surface area is 193 Å². The highest BCUT2D eigenvalue weighted by molar-refractivity contribution is 7.89. The van der Waals surface area contributed by atoms with Gasteiger partial charge in [-0.1, -0.05) is 63.2 Å². The van der Waals surface area contributed by atoms with E-state index in [4.69, 9.17) is 0 Å². The van der Waals surface area contributed by atoms with Gasteiger partial charge in [0.1, 0.15) is 5.54 Å². The molecule has 2 aromatic carbocycles. The van der Waals surface area contributed by atoms with Crippen LogP contribution in [0.15, 0.2) is 59.5 Å². The van der Waals surface area contributed by atoms with Crippen molar-refractivity contribution in [3.05, 3.63) is 65.7 Å². The molecule has 1 aliphatic rings. The Morgan fingerprint density at radius 1 is 1.03 bits per heavy atom. The molecule has 0 aliphatic carbocycles. The summed E-state index contributed by atoms with van der Waals surface area (Å²) in [4.78, 5) is 37.5. The van der Waals surface area contributed by atoms with Crippen LogP contribution in [0.5, 0.6) is 0 Å². The lowest BCUT2D eigenvalue weighted by molar-refractivity contribution is -0.138. The molecule has 1 fully saturated rings. The molecule has 0 radical (unpaired) electrons. The molecule has 33 heavy (non-hydrogen) atoms. The van der Waals surface area contributed by atoms with E-state index in [0.29, 0.717) is 10.6 Å². The number of imide groups is 1. The summed E-state index contributed by atoms with van der Waals surface area (Å²) in [6, 6.07) is 14.4. The molecule has 2 aromatic rings. The number of sulfonamides is 1. The van der Waals surface area contributed by atoms with Crippen molar-refractivity contribution in [1.82, 2.24) is 20.5 Å². The van der Waals surface area contributed by atoms with Gasteiger partial charge in [0.05, 0.1) is 4.90 Å². The van der Waals surface area contributed by atoms with Gasteiger partial charge < -0.3 is 5.32 Å². The van der Waals surface area contributed by atoms with Gasteiger partial charge in [0.15, 0.2) is 0 Å². The Morgan fingerprint density at radius 3 is 2.21 bits per heavy atom. The van der Waals surface area contributed by atoms with Crippen LogP contribution in [-0.4, -0.2) is 37.8 Å². The molecule has 0 spiro atoms. The summed E-state index contributed by atoms with van der Waals surface area (Å²) in [7, 11) is -3.81. The number of hydrazine groups is 1. The summed E-state index contributed by atoms with van der Waals surface area (Å²) in [6.07, 6.45) is -0.265. The first-order chi connectivity index (χ1) is 15.3. The van der Waals surface area contributed by atoms with Crippen molar-refractivity contribution in [1.29, 1.82) is 0 Å². The Bertz CT molecular complexity index is 1160. The van der Waals surface area contributed by atoms with Crippen molar-refractivity contribution in [2.24, 2.45) is 0 Å². The fourth-order valence-electron chi connectivity index (χ4n) is 3.40. The minimum Gasteiger partial charge on any atom is -0.318 e. The summed E-state index contributed by atoms with van der Waals surface area (Å²) in [5.74, 6) is -1.31. The zero-order valence-electron chi connectivity index (χ0n) is 19.0. The standard InChI is InChI=1S/C23H28N4O5S/c1-22(2,3)16-10-12-18(13-11-16)33(31,32)24-15-14-19(28)26-27-20(29)23(4,25-21(27)30)17-8-6-5-7-9-17/h5-13,24H,14-15H2,1-4H3,(H,25,30)(H,26,28). The van der Waals surface area contributed by atoms with Gasteiger partial charge in [0.2, 0.25) is 15.9 Å². The van der Waals surface area contributed by atoms with Crippen LogP contribution in [0.25, 0.3) is 0 Å². The largest absolute Gasteiger partial charge is 0.344 e. The van der Waals surface area contributed by atoms with E-state index < -0.39 is 33.4 Å². The fraction of sp³-hybridized carbons (Fsp3) is 0.348. The SMILES string of the molecule is CC(C)(C)c1ccc(S(=O)(=O)NCCC(=O)NN2C(=O)NC(C)(c3ccccc3)C2=O)cc1. The number of amides is 4. The highest BCUT2D eigenvalue weighted by atomic mass is 32.2. The quantitative estimate of drug-likeness (QED) is 0.533. The topological polar surface area (TPSA) is 125 Å². The molecule has 3 rings (SSSR count). The van der Waals surface area contributed by atoms with Crippen molar-refractivity contribution in [3.8, 4) is 0 Å². The maximum absolute atomic E-state index is 12.8. The zero-order chi connectivity index (χ0) is 24.4. The number of benzene rings is 2. The van der Waals surface area contributed by atoms with Gasteiger partial charge in [-0.25, -0.2) is 17.9 Å². The maximum Gasteiger partial charge on any atom is 0.344 e. The van der Waals surface area contributed by atoms with Crippen molar-refractivity contribution >= 4 is 27.9 Å². The lowest BCUT2D eigenvalue weighted by Gasteiger charge is -2.22. The van der Waals surface area contributed by atoms with E-state index in [1.807, 2.05) is 20.8 Å². The first kappa shape index (κ1) is 24.4. The molecule has 1 heterocycles. The van der Waals surface area contributed by atoms with Crippen LogP contribution >= 0.6 is 0 Å². The highest BCUT2D eigenvalue weighted by Gasteiger charge is 2.49. The normalized spacial score (nSPS) is 18.8. The minimum absolute atomic E-state index is 0.0867. The van der Waals surface area contributed by atoms with Crippen LogP contribution in [0, 0.1) is 0 Å². The van der Waals surface area contributed by atoms with Gasteiger partial charge in [-0.05, 0) is 35.6 Å². The molecule has 4 amide bonds. The van der Waals surface area contributed by atoms with Crippen molar-refractivity contribution in [2.45, 2.75) is 50.0 Å². The smallest absolute Gasteiger partial charge is 0.318 e. The third-order valence-electron chi connectivity index (χ3n) is 5.45. The molecular weight excluding hydrogens is 444 g/mol. The predicted octanol–water partition coefficient (Wildman–Crippen LogP) is 2.15. The lowest BCUT2D eigenvalue weighted by Crippen LogP contribution is -2.48. The molecule has 10 heteroatoms. The summed E-state index contributed by atoms with van der Waals surface area (Å²) in [5, 5.41) is 3.20. The maximum atomic E-state index is 12.8. The van der Waals surface area contributed by atoms with E-state index in [1.165, 1.54) is 12.1 Å². The van der Waals surface area contributed by atoms with E-state index >= 15 is 0 Å². The lowest BCUT2D eigenvalue weighted by atomic mass is 9.87. The number of nitrogens with one attached hydrogen (secondary N) is 3. The second-order valence-corrected chi connectivity index (χ2v) is 10.8. The second kappa shape index (κ2) is 8.95. The van der Waals surface area contributed by atoms with Gasteiger partial charge in [0.25, 0.3) is 5.91 Å². The molecular formula is C23H28N4O5S. The Morgan fingerprint density at radius 2 is 1.64 bits per heavy atom. The van der Waals surface area contributed by atoms with Gasteiger partial charge in [0, 0.05) is 13.0 Å². The predicted molar refractivity (Wildman–Crippen MR) is 122 cm³/mol. The molecule has 1 saturated heterocycles. The van der Waals surface area contributed by atoms with Crippen molar-refractivity contribution < 1.29 is 22.8 Å². The summed E-state index contributed by atoms with van der Waals surface area (Å²) < 4.78 is 27.3. The molecule has 3 N–H and O–H groups in total. The number of carbonyl (C=O) groups is 3. The summed E-state index contributed by atoms with van der Waals surface area (Å²) in [6.45, 7) is 7.44. The van der Waals surface area contributed by atoms with Gasteiger partial charge >= 0.3 is 6.03 Å². The van der Waals surface area contributed by atoms with Crippen LogP contribution in [0.4, 0.5) is 4.79 Å². The molecule has 1 aliphatic heterocycles. The van der Waals surface area contributed by atoms with Gasteiger partial charge in [-0.3, -0.25) is 15.0 Å².